The molecule has 0 spiro atoms. The van der Waals surface area contributed by atoms with E-state index in [0.29, 0.717) is 18.0 Å². The van der Waals surface area contributed by atoms with E-state index < -0.39 is 15.9 Å². The predicted molar refractivity (Wildman–Crippen MR) is 130 cm³/mol. The van der Waals surface area contributed by atoms with Crippen molar-refractivity contribution >= 4 is 15.9 Å². The van der Waals surface area contributed by atoms with Gasteiger partial charge in [-0.25, -0.2) is 13.1 Å². The number of sulfonamides is 1. The Morgan fingerprint density at radius 2 is 1.62 bits per heavy atom. The number of hydrogen-bond donors (Lipinski definition) is 1. The third-order valence-electron chi connectivity index (χ3n) is 5.61. The molecule has 4 aromatic rings. The summed E-state index contributed by atoms with van der Waals surface area (Å²) >= 11 is 0. The van der Waals surface area contributed by atoms with Crippen LogP contribution in [0.5, 0.6) is 5.75 Å². The molecule has 1 amide bonds. The van der Waals surface area contributed by atoms with Gasteiger partial charge in [0.1, 0.15) is 11.4 Å². The molecular formula is C26H25N3O4S. The van der Waals surface area contributed by atoms with Gasteiger partial charge in [0.15, 0.2) is 0 Å². The number of nitrogens with one attached hydrogen (secondary N) is 1. The third-order valence-corrected chi connectivity index (χ3v) is 6.96. The molecule has 0 fully saturated rings. The fourth-order valence-electron chi connectivity index (χ4n) is 3.72. The molecule has 0 radical (unpaired) electrons. The van der Waals surface area contributed by atoms with Crippen LogP contribution in [0.4, 0.5) is 0 Å². The van der Waals surface area contributed by atoms with Crippen LogP contribution in [0, 0.1) is 13.8 Å². The highest BCUT2D eigenvalue weighted by Gasteiger charge is 2.23. The van der Waals surface area contributed by atoms with Gasteiger partial charge < -0.3 is 4.74 Å². The Kier molecular flexibility index (Phi) is 6.51. The lowest BCUT2D eigenvalue weighted by atomic mass is 10.0. The van der Waals surface area contributed by atoms with E-state index in [1.807, 2.05) is 56.3 Å². The van der Waals surface area contributed by atoms with Crippen LogP contribution in [0.1, 0.15) is 27.2 Å². The van der Waals surface area contributed by atoms with Gasteiger partial charge in [-0.15, -0.1) is 0 Å². The number of ether oxygens (including phenoxy) is 1. The first-order valence-electron chi connectivity index (χ1n) is 10.7. The summed E-state index contributed by atoms with van der Waals surface area (Å²) in [5.41, 5.74) is 4.55. The maximum Gasteiger partial charge on any atom is 0.283 e. The molecule has 0 saturated carbocycles. The molecule has 8 heteroatoms. The quantitative estimate of drug-likeness (QED) is 0.429. The average Bonchev–Trinajstić information content (AvgIpc) is 3.26. The summed E-state index contributed by atoms with van der Waals surface area (Å²) in [6.07, 6.45) is 0. The Morgan fingerprint density at radius 1 is 0.941 bits per heavy atom. The van der Waals surface area contributed by atoms with E-state index in [9.17, 15) is 13.2 Å². The van der Waals surface area contributed by atoms with Gasteiger partial charge in [-0.2, -0.15) is 5.10 Å². The molecule has 7 nitrogen and oxygen atoms in total. The molecule has 1 N–H and O–H groups in total. The van der Waals surface area contributed by atoms with Gasteiger partial charge in [0.25, 0.3) is 15.9 Å². The minimum Gasteiger partial charge on any atom is -0.497 e. The summed E-state index contributed by atoms with van der Waals surface area (Å²) < 4.78 is 34.6. The van der Waals surface area contributed by atoms with Crippen molar-refractivity contribution in [3.8, 4) is 17.0 Å². The molecule has 174 valence electrons. The number of amides is 1. The summed E-state index contributed by atoms with van der Waals surface area (Å²) in [5.74, 6) is -0.101. The van der Waals surface area contributed by atoms with Gasteiger partial charge >= 0.3 is 0 Å². The first-order valence-corrected chi connectivity index (χ1v) is 12.2. The Labute approximate surface area is 199 Å². The van der Waals surface area contributed by atoms with Gasteiger partial charge in [-0.1, -0.05) is 48.5 Å². The number of carbonyl (C=O) groups is 1. The molecular weight excluding hydrogens is 450 g/mol. The Morgan fingerprint density at radius 3 is 2.29 bits per heavy atom. The molecule has 0 saturated heterocycles. The minimum absolute atomic E-state index is 0.0113. The van der Waals surface area contributed by atoms with Crippen LogP contribution in [0.15, 0.2) is 83.8 Å². The van der Waals surface area contributed by atoms with Crippen molar-refractivity contribution in [2.45, 2.75) is 25.3 Å². The number of benzene rings is 3. The van der Waals surface area contributed by atoms with Crippen molar-refractivity contribution in [1.29, 1.82) is 0 Å². The van der Waals surface area contributed by atoms with Crippen molar-refractivity contribution in [3.63, 3.8) is 0 Å². The van der Waals surface area contributed by atoms with Crippen LogP contribution in [0.3, 0.4) is 0 Å². The SMILES string of the molecule is COc1cccc(-c2cc(C(=O)NS(=O)(=O)c3ccccc3)n(Cc3c(C)cccc3C)n2)c1. The number of nitrogens with zero attached hydrogens (tertiary/aromatic N) is 2. The van der Waals surface area contributed by atoms with Gasteiger partial charge in [-0.05, 0) is 60.9 Å². The second-order valence-corrected chi connectivity index (χ2v) is 9.60. The summed E-state index contributed by atoms with van der Waals surface area (Å²) in [4.78, 5) is 13.2. The fourth-order valence-corrected chi connectivity index (χ4v) is 4.71. The zero-order valence-electron chi connectivity index (χ0n) is 19.1. The van der Waals surface area contributed by atoms with Crippen LogP contribution in [-0.4, -0.2) is 31.2 Å². The summed E-state index contributed by atoms with van der Waals surface area (Å²) in [5, 5.41) is 4.66. The largest absolute Gasteiger partial charge is 0.497 e. The van der Waals surface area contributed by atoms with Crippen LogP contribution in [0.25, 0.3) is 11.3 Å². The van der Waals surface area contributed by atoms with Gasteiger partial charge in [0, 0.05) is 5.56 Å². The smallest absolute Gasteiger partial charge is 0.283 e. The predicted octanol–water partition coefficient (Wildman–Crippen LogP) is 4.34. The van der Waals surface area contributed by atoms with Gasteiger partial charge in [0.2, 0.25) is 0 Å². The Hall–Kier alpha value is -3.91. The molecule has 0 aliphatic heterocycles. The Balaban J connectivity index is 1.76. The first kappa shape index (κ1) is 23.3. The zero-order valence-corrected chi connectivity index (χ0v) is 20.0. The number of rotatable bonds is 7. The van der Waals surface area contributed by atoms with Crippen LogP contribution >= 0.6 is 0 Å². The van der Waals surface area contributed by atoms with Gasteiger partial charge in [0.05, 0.1) is 24.2 Å². The van der Waals surface area contributed by atoms with Crippen LogP contribution in [0.2, 0.25) is 0 Å². The number of methoxy groups -OCH3 is 1. The third kappa shape index (κ3) is 4.87. The highest BCUT2D eigenvalue weighted by atomic mass is 32.2. The molecule has 3 aromatic carbocycles. The van der Waals surface area contributed by atoms with E-state index in [0.717, 1.165) is 22.3 Å². The fraction of sp³-hybridized carbons (Fsp3) is 0.154. The number of aromatic nitrogens is 2. The zero-order chi connectivity index (χ0) is 24.3. The van der Waals surface area contributed by atoms with E-state index in [2.05, 4.69) is 9.82 Å². The van der Waals surface area contributed by atoms with Crippen molar-refractivity contribution < 1.29 is 17.9 Å². The molecule has 0 atom stereocenters. The lowest BCUT2D eigenvalue weighted by molar-refractivity contribution is 0.0971. The number of hydrogen-bond acceptors (Lipinski definition) is 5. The topological polar surface area (TPSA) is 90.3 Å². The maximum absolute atomic E-state index is 13.2. The van der Waals surface area contributed by atoms with E-state index in [-0.39, 0.29) is 10.6 Å². The van der Waals surface area contributed by atoms with Crippen LogP contribution in [-0.2, 0) is 16.6 Å². The first-order chi connectivity index (χ1) is 16.3. The molecule has 1 heterocycles. The maximum atomic E-state index is 13.2. The standard InChI is InChI=1S/C26H25N3O4S/c1-18-9-7-10-19(2)23(18)17-29-25(16-24(27-29)20-11-8-12-21(15-20)33-3)26(30)28-34(31,32)22-13-5-4-6-14-22/h4-16H,17H2,1-3H3,(H,28,30). The lowest BCUT2D eigenvalue weighted by Gasteiger charge is -2.13. The molecule has 4 rings (SSSR count). The van der Waals surface area contributed by atoms with Crippen molar-refractivity contribution in [3.05, 3.63) is 101 Å². The number of aryl methyl sites for hydroxylation is 2. The second-order valence-electron chi connectivity index (χ2n) is 7.92. The molecule has 0 aliphatic rings. The van der Waals surface area contributed by atoms with E-state index in [1.165, 1.54) is 12.1 Å². The monoisotopic (exact) mass is 475 g/mol. The Bertz CT molecular complexity index is 1420. The number of carbonyl (C=O) groups excluding carboxylic acids is 1. The molecule has 0 unspecified atom stereocenters. The van der Waals surface area contributed by atoms with Crippen LogP contribution < -0.4 is 9.46 Å². The average molecular weight is 476 g/mol. The molecule has 34 heavy (non-hydrogen) atoms. The minimum atomic E-state index is -4.04. The highest BCUT2D eigenvalue weighted by Crippen LogP contribution is 2.25. The lowest BCUT2D eigenvalue weighted by Crippen LogP contribution is -2.32. The van der Waals surface area contributed by atoms with E-state index in [4.69, 9.17) is 4.74 Å². The molecule has 0 bridgehead atoms. The molecule has 1 aromatic heterocycles. The van der Waals surface area contributed by atoms with E-state index in [1.54, 1.807) is 36.1 Å². The summed E-state index contributed by atoms with van der Waals surface area (Å²) in [6.45, 7) is 4.30. The van der Waals surface area contributed by atoms with Crippen molar-refractivity contribution in [2.24, 2.45) is 0 Å². The van der Waals surface area contributed by atoms with Gasteiger partial charge in [-0.3, -0.25) is 9.48 Å². The second kappa shape index (κ2) is 9.52. The molecule has 0 aliphatic carbocycles. The normalized spacial score (nSPS) is 11.3. The summed E-state index contributed by atoms with van der Waals surface area (Å²) in [7, 11) is -2.46. The highest BCUT2D eigenvalue weighted by molar-refractivity contribution is 7.90. The van der Waals surface area contributed by atoms with Crippen molar-refractivity contribution in [2.75, 3.05) is 7.11 Å². The summed E-state index contributed by atoms with van der Waals surface area (Å²) in [6, 6.07) is 22.7. The van der Waals surface area contributed by atoms with E-state index >= 15 is 0 Å². The van der Waals surface area contributed by atoms with Crippen molar-refractivity contribution in [1.82, 2.24) is 14.5 Å².